The van der Waals surface area contributed by atoms with Gasteiger partial charge < -0.3 is 94.1 Å². The first-order chi connectivity index (χ1) is 37.8. The van der Waals surface area contributed by atoms with Crippen LogP contribution in [-0.2, 0) is 52.3 Å². The molecule has 0 radical (unpaired) electrons. The Balaban J connectivity index is 0.000000246. The molecule has 22 nitrogen and oxygen atoms in total. The maximum Gasteiger partial charge on any atom is 0.335 e. The van der Waals surface area contributed by atoms with Gasteiger partial charge in [-0.3, -0.25) is 0 Å². The largest absolute Gasteiger partial charge is 0.479 e. The van der Waals surface area contributed by atoms with Crippen LogP contribution in [0.2, 0.25) is 0 Å². The van der Waals surface area contributed by atoms with Gasteiger partial charge in [-0.1, -0.05) is 79.2 Å². The number of rotatable bonds is 13. The number of methoxy groups -OCH3 is 1. The highest BCUT2D eigenvalue weighted by Crippen LogP contribution is 2.76. The van der Waals surface area contributed by atoms with Crippen molar-refractivity contribution in [3.8, 4) is 0 Å². The Kier molecular flexibility index (Phi) is 19.7. The zero-order valence-electron chi connectivity index (χ0n) is 49.3. The quantitative estimate of drug-likeness (QED) is 0.0715. The molecule has 22 heteroatoms. The van der Waals surface area contributed by atoms with Gasteiger partial charge in [-0.25, -0.2) is 14.4 Å². The third kappa shape index (κ3) is 11.0. The molecule has 3 saturated heterocycles. The number of fused-ring (bicyclic) bond motifs is 7. The van der Waals surface area contributed by atoms with E-state index < -0.39 is 146 Å². The van der Waals surface area contributed by atoms with E-state index in [0.717, 1.165) is 20.0 Å². The summed E-state index contributed by atoms with van der Waals surface area (Å²) in [6.07, 6.45) is -13.5. The van der Waals surface area contributed by atoms with Crippen molar-refractivity contribution in [3.05, 3.63) is 34.9 Å². The minimum atomic E-state index is -1.97. The predicted molar refractivity (Wildman–Crippen MR) is 287 cm³/mol. The minimum Gasteiger partial charge on any atom is -0.479 e. The van der Waals surface area contributed by atoms with Gasteiger partial charge >= 0.3 is 17.9 Å². The molecule has 4 saturated carbocycles. The highest BCUT2D eigenvalue weighted by Gasteiger charge is 2.73. The summed E-state index contributed by atoms with van der Waals surface area (Å²) in [5, 5.41) is 113. The zero-order chi connectivity index (χ0) is 60.4. The molecule has 0 spiro atoms. The number of hydrogen-bond donors (Lipinski definition) is 11. The number of ether oxygens (including phenoxy) is 8. The van der Waals surface area contributed by atoms with Crippen LogP contribution in [0.5, 0.6) is 0 Å². The fourth-order valence-corrected chi connectivity index (χ4v) is 16.1. The summed E-state index contributed by atoms with van der Waals surface area (Å²) in [4.78, 5) is 38.4. The summed E-state index contributed by atoms with van der Waals surface area (Å²) in [5.74, 6) is -0.994. The van der Waals surface area contributed by atoms with Crippen LogP contribution in [0.25, 0.3) is 0 Å². The van der Waals surface area contributed by atoms with E-state index in [2.05, 4.69) is 61.5 Å². The molecule has 8 unspecified atom stereocenters. The van der Waals surface area contributed by atoms with E-state index in [0.29, 0.717) is 41.7 Å². The van der Waals surface area contributed by atoms with Crippen molar-refractivity contribution >= 4 is 17.9 Å². The normalized spacial score (nSPS) is 47.4. The lowest BCUT2D eigenvalue weighted by atomic mass is 9.32. The fraction of sp³-hybridized carbons (Fsp3) is 0.847. The molecule has 81 heavy (non-hydrogen) atoms. The van der Waals surface area contributed by atoms with E-state index in [-0.39, 0.29) is 34.2 Å². The molecule has 0 bridgehead atoms. The van der Waals surface area contributed by atoms with E-state index in [4.69, 9.17) is 37.9 Å². The minimum absolute atomic E-state index is 0.0359. The van der Waals surface area contributed by atoms with E-state index >= 15 is 0 Å². The van der Waals surface area contributed by atoms with Crippen LogP contribution in [0.1, 0.15) is 128 Å². The first-order valence-electron chi connectivity index (χ1n) is 28.8. The van der Waals surface area contributed by atoms with Crippen molar-refractivity contribution < 1.29 is 108 Å². The van der Waals surface area contributed by atoms with Gasteiger partial charge in [0.05, 0.1) is 31.3 Å². The van der Waals surface area contributed by atoms with Crippen LogP contribution in [0, 0.1) is 56.2 Å². The molecule has 8 aliphatic rings. The lowest BCUT2D eigenvalue weighted by molar-refractivity contribution is -0.374. The SMILES string of the molecule is C/C=C(/C)C(=O)O[C@H]1[C@H](OC(=O)/C(C)=C\C)[C@@]2(CO)C(CC1(C)C)C1=CCC3[C@@]4(C)CC[C@H](C)C(C)(C)C4CC[C@@]3(C)[C@]1(C)C[C@H]2O.CO[C@@H]1OC(C(=O)O)[C@@H](O)[C@@H](O[C@@H]2O[C@@H](CO)C(O)[C@@H]2O)C1O[C@@H]1OC(CO)[C@H](O)[C@@H](O)C1O. The average molecular weight is 1160 g/mol. The van der Waals surface area contributed by atoms with Crippen LogP contribution in [0.15, 0.2) is 34.9 Å². The molecular weight excluding hydrogens is 1060 g/mol. The molecule has 0 amide bonds. The molecule has 3 heterocycles. The van der Waals surface area contributed by atoms with Crippen molar-refractivity contribution in [2.45, 2.75) is 232 Å². The molecule has 11 N–H and O–H groups in total. The van der Waals surface area contributed by atoms with Gasteiger partial charge in [-0.05, 0) is 118 Å². The second kappa shape index (κ2) is 24.4. The van der Waals surface area contributed by atoms with Crippen molar-refractivity contribution in [3.63, 3.8) is 0 Å². The first-order valence-corrected chi connectivity index (χ1v) is 28.8. The lowest BCUT2D eigenvalue weighted by Gasteiger charge is -2.72. The Morgan fingerprint density at radius 1 is 0.667 bits per heavy atom. The van der Waals surface area contributed by atoms with Gasteiger partial charge in [-0.2, -0.15) is 0 Å². The van der Waals surface area contributed by atoms with Crippen molar-refractivity contribution in [2.75, 3.05) is 26.9 Å². The molecule has 462 valence electrons. The number of aliphatic carboxylic acids is 1. The molecule has 0 aromatic carbocycles. The van der Waals surface area contributed by atoms with Gasteiger partial charge in [0.1, 0.15) is 67.1 Å². The Labute approximate surface area is 475 Å². The average Bonchev–Trinajstić information content (AvgIpc) is 2.50. The van der Waals surface area contributed by atoms with Crippen LogP contribution in [0.4, 0.5) is 0 Å². The molecule has 3 aliphatic heterocycles. The molecular formula is C59H94O22. The summed E-state index contributed by atoms with van der Waals surface area (Å²) in [6.45, 7) is 24.2. The van der Waals surface area contributed by atoms with Crippen molar-refractivity contribution in [1.29, 1.82) is 0 Å². The number of carboxylic acid groups (broad SMARTS) is 1. The summed E-state index contributed by atoms with van der Waals surface area (Å²) in [5.41, 5.74) is 0.536. The predicted octanol–water partition coefficient (Wildman–Crippen LogP) is 2.18. The number of carboxylic acids is 1. The van der Waals surface area contributed by atoms with E-state index in [1.165, 1.54) is 24.8 Å². The van der Waals surface area contributed by atoms with E-state index in [9.17, 15) is 70.6 Å². The molecule has 0 aromatic rings. The maximum absolute atomic E-state index is 13.5. The van der Waals surface area contributed by atoms with Gasteiger partial charge in [0.2, 0.25) is 0 Å². The molecule has 0 aromatic heterocycles. The maximum atomic E-state index is 13.5. The Hall–Kier alpha value is -3.01. The third-order valence-electron chi connectivity index (χ3n) is 21.8. The number of aliphatic hydroxyl groups is 10. The van der Waals surface area contributed by atoms with E-state index in [1.54, 1.807) is 39.8 Å². The first kappa shape index (κ1) is 65.5. The highest BCUT2D eigenvalue weighted by atomic mass is 16.8. The van der Waals surface area contributed by atoms with Crippen molar-refractivity contribution in [1.82, 2.24) is 0 Å². The lowest BCUT2D eigenvalue weighted by Crippen LogP contribution is -2.72. The number of carbonyl (C=O) groups is 3. The molecule has 8 rings (SSSR count). The number of allylic oxidation sites excluding steroid dienone is 4. The third-order valence-corrected chi connectivity index (χ3v) is 21.8. The second-order valence-electron chi connectivity index (χ2n) is 26.5. The Morgan fingerprint density at radius 3 is 1.72 bits per heavy atom. The fourth-order valence-electron chi connectivity index (χ4n) is 16.1. The van der Waals surface area contributed by atoms with Crippen LogP contribution in [0.3, 0.4) is 0 Å². The number of carbonyl (C=O) groups excluding carboxylic acids is 2. The molecule has 5 aliphatic carbocycles. The van der Waals surface area contributed by atoms with Gasteiger partial charge in [-0.15, -0.1) is 0 Å². The van der Waals surface area contributed by atoms with Crippen molar-refractivity contribution in [2.24, 2.45) is 56.2 Å². The molecule has 25 atom stereocenters. The molecule has 7 fully saturated rings. The highest BCUT2D eigenvalue weighted by molar-refractivity contribution is 5.89. The van der Waals surface area contributed by atoms with Crippen LogP contribution in [-0.4, -0.2) is 205 Å². The smallest absolute Gasteiger partial charge is 0.335 e. The topological polar surface area (TPSA) is 348 Å². The zero-order valence-corrected chi connectivity index (χ0v) is 49.3. The number of aliphatic hydroxyl groups excluding tert-OH is 10. The monoisotopic (exact) mass is 1150 g/mol. The van der Waals surface area contributed by atoms with Crippen LogP contribution >= 0.6 is 0 Å². The summed E-state index contributed by atoms with van der Waals surface area (Å²) in [7, 11) is 1.11. The number of hydrogen-bond acceptors (Lipinski definition) is 21. The van der Waals surface area contributed by atoms with E-state index in [1.807, 2.05) is 0 Å². The van der Waals surface area contributed by atoms with Crippen LogP contribution < -0.4 is 0 Å². The van der Waals surface area contributed by atoms with Gasteiger partial charge in [0.25, 0.3) is 0 Å². The summed E-state index contributed by atoms with van der Waals surface area (Å²) < 4.78 is 44.5. The summed E-state index contributed by atoms with van der Waals surface area (Å²) >= 11 is 0. The standard InChI is InChI=1S/C41H64O6.C18H30O16/c1-13-24(3)34(44)46-32-33(47-35(45)25(4)14-2)41(23-42)28(21-36(32,6)7)27-15-16-30-38(10)19-17-26(5)37(8,9)29(38)18-20-39(30,11)40(27,12)22-31(41)43;1-29-18-14(34-17-10(25)8(23)6(21)4(2-19)30-17)12(11(26)13(33-18)15(27)28)32-16-9(24)7(22)5(3-20)31-16/h13-15,26,28-33,42-43H,16-23H2,1-12H3;4-14,16-26H,2-3H2,1H3,(H,27,28)/b24-13-,25-14-;/t26-,28?,29?,30?,31+,32-,33-,38-,39+,40+,41-;4?,5-,6-,7?,8+,9-,10?,11-,12+,13?,14?,16-,17-,18+/m00/s1. The summed E-state index contributed by atoms with van der Waals surface area (Å²) in [6, 6.07) is 0. The Bertz CT molecular complexity index is 2350. The Morgan fingerprint density at radius 2 is 1.20 bits per heavy atom. The van der Waals surface area contributed by atoms with Gasteiger partial charge in [0.15, 0.2) is 31.1 Å². The second-order valence-corrected chi connectivity index (χ2v) is 26.5. The van der Waals surface area contributed by atoms with Gasteiger partial charge in [0, 0.05) is 23.7 Å². The number of esters is 2.